The smallest absolute Gasteiger partial charge is 0.255 e. The fourth-order valence-electron chi connectivity index (χ4n) is 4.60. The number of pyridine rings is 4. The Kier molecular flexibility index (Phi) is 51.7. The van der Waals surface area contributed by atoms with Crippen molar-refractivity contribution in [1.29, 1.82) is 10.5 Å². The summed E-state index contributed by atoms with van der Waals surface area (Å²) in [4.78, 5) is 16.7. The Labute approximate surface area is 500 Å². The molecule has 4 aromatic carbocycles. The molecule has 0 aliphatic heterocycles. The van der Waals surface area contributed by atoms with E-state index in [0.29, 0.717) is 0 Å². The van der Waals surface area contributed by atoms with E-state index < -0.39 is 23.9 Å². The van der Waals surface area contributed by atoms with Crippen LogP contribution in [-0.2, 0) is 63.3 Å². The van der Waals surface area contributed by atoms with E-state index in [0.717, 1.165) is 45.8 Å². The van der Waals surface area contributed by atoms with Gasteiger partial charge in [-0.15, -0.1) is 24.3 Å². The number of nitriles is 2. The Morgan fingerprint density at radius 3 is 0.971 bits per heavy atom. The predicted molar refractivity (Wildman–Crippen MR) is 281 cm³/mol. The van der Waals surface area contributed by atoms with Gasteiger partial charge in [0.15, 0.2) is 11.5 Å². The summed E-state index contributed by atoms with van der Waals surface area (Å²) in [6, 6.07) is 63.7. The summed E-state index contributed by atoms with van der Waals surface area (Å²) in [5, 5.41) is 16.9. The van der Waals surface area contributed by atoms with Gasteiger partial charge in [-0.25, -0.2) is 10.5 Å². The van der Waals surface area contributed by atoms with Crippen molar-refractivity contribution >= 4 is 51.6 Å². The monoisotopic (exact) mass is 1420 g/mol. The van der Waals surface area contributed by atoms with Crippen molar-refractivity contribution in [3.63, 3.8) is 0 Å². The van der Waals surface area contributed by atoms with Gasteiger partial charge in [-0.3, -0.25) is 24.3 Å². The van der Waals surface area contributed by atoms with E-state index >= 15 is 0 Å². The molecule has 0 N–H and O–H groups in total. The normalized spacial score (nSPS) is 9.27. The topological polar surface area (TPSA) is 136 Å². The molecule has 0 saturated heterocycles. The molecule has 70 heavy (non-hydrogen) atoms. The van der Waals surface area contributed by atoms with Gasteiger partial charge in [-0.2, -0.15) is 36.4 Å². The Hall–Kier alpha value is -3.88. The van der Waals surface area contributed by atoms with Crippen molar-refractivity contribution in [2.24, 2.45) is 0 Å². The van der Waals surface area contributed by atoms with Crippen LogP contribution in [0.1, 0.15) is 1.37 Å². The molecule has 0 spiro atoms. The largest absolute Gasteiger partial charge is 3.00 e. The van der Waals surface area contributed by atoms with Crippen LogP contribution in [0.2, 0.25) is 0 Å². The van der Waals surface area contributed by atoms with Gasteiger partial charge in [0.05, 0.1) is 42.8 Å². The molecule has 2 unspecified atom stereocenters. The van der Waals surface area contributed by atoms with Crippen molar-refractivity contribution in [3.8, 4) is 56.6 Å². The minimum absolute atomic E-state index is 0. The van der Waals surface area contributed by atoms with Gasteiger partial charge in [0, 0.05) is 24.8 Å². The molecule has 10 nitrogen and oxygen atoms in total. The van der Waals surface area contributed by atoms with Crippen LogP contribution in [0.25, 0.3) is 22.8 Å². The molecule has 0 aliphatic rings. The zero-order valence-corrected chi connectivity index (χ0v) is 51.2. The summed E-state index contributed by atoms with van der Waals surface area (Å²) in [5.41, 5.74) is 3.66. The van der Waals surface area contributed by atoms with Gasteiger partial charge in [-0.05, 0) is 72.8 Å². The SMILES string of the molecule is C[PH+](Oc1[c-]cccc1)Oc1ccccc1.C[PH+](Oc1[c-]cccc1)Oc1ccccc1.N#C[S-].N#C[S-].[2H]CF.[CH3-].[CH3-].[Cl][Ir+2].[Ir+3].[K+].c1ccc(-c2ccccn2)nc1.c1ccc(-c2ccccn2)nc1. The fourth-order valence-corrected chi connectivity index (χ4v) is 6.49. The third-order valence-corrected chi connectivity index (χ3v) is 9.12. The standard InChI is InChI=1S/2C13H12O2P.2C10H8N2.CH3F.2CHNS.2CH3.ClH.2Ir.K/c2*1-16(14-12-8-4-2-5-9-12)15-13-10-6-3-7-11-13;2*1-3-7-11-9(5-1)10-6-2-4-8-12-10;1-2;2*2-1-3;;;;;;/h2*2-10H,1H3;2*1-8H;1H3;2*3H;2*1H3;1H;;;/q2*-1;;;;;;2*-1;;2*+3;+1/p-1/i;;;;1D;;;;;;;;. The molecule has 19 heteroatoms. The van der Waals surface area contributed by atoms with Gasteiger partial charge in [0.1, 0.15) is 13.3 Å². The number of hydrogen-bond donors (Lipinski definition) is 0. The van der Waals surface area contributed by atoms with Crippen LogP contribution in [0.4, 0.5) is 4.39 Å². The van der Waals surface area contributed by atoms with Crippen molar-refractivity contribution in [1.82, 2.24) is 19.9 Å². The molecule has 362 valence electrons. The van der Waals surface area contributed by atoms with E-state index in [1.807, 2.05) is 195 Å². The first-order valence-electron chi connectivity index (χ1n) is 19.6. The molecule has 0 saturated carbocycles. The summed E-state index contributed by atoms with van der Waals surface area (Å²) < 4.78 is 38.1. The number of alkyl halides is 1. The van der Waals surface area contributed by atoms with Crippen LogP contribution in [0.15, 0.2) is 207 Å². The number of aromatic nitrogens is 4. The number of thiocyanates is 2. The number of benzene rings is 4. The van der Waals surface area contributed by atoms with Crippen molar-refractivity contribution < 1.29 is 113 Å². The van der Waals surface area contributed by atoms with Crippen LogP contribution in [0, 0.1) is 48.3 Å². The number of nitrogens with zero attached hydrogens (tertiary/aromatic N) is 6. The van der Waals surface area contributed by atoms with Gasteiger partial charge < -0.3 is 58.2 Å². The minimum Gasteiger partial charge on any atom is -0.255 e. The van der Waals surface area contributed by atoms with Crippen LogP contribution in [-0.4, -0.2) is 40.4 Å². The maximum Gasteiger partial charge on any atom is 3.00 e. The Bertz CT molecular complexity index is 2110. The first-order valence-corrected chi connectivity index (χ1v) is 26.4. The van der Waals surface area contributed by atoms with Crippen LogP contribution in [0.5, 0.6) is 23.0 Å². The average Bonchev–Trinajstić information content (AvgIpc) is 3.38. The van der Waals surface area contributed by atoms with Crippen molar-refractivity contribution in [2.75, 3.05) is 20.5 Å². The summed E-state index contributed by atoms with van der Waals surface area (Å²) in [5.74, 6) is 3.15. The van der Waals surface area contributed by atoms with E-state index in [2.05, 4.69) is 66.9 Å². The summed E-state index contributed by atoms with van der Waals surface area (Å²) in [6.45, 7) is 3.91. The second kappa shape index (κ2) is 51.5. The fraction of sp³-hybridized carbons (Fsp3) is 0.0588. The van der Waals surface area contributed by atoms with E-state index in [-0.39, 0.29) is 86.3 Å². The molecule has 4 aromatic heterocycles. The van der Waals surface area contributed by atoms with Crippen molar-refractivity contribution in [2.45, 2.75) is 0 Å². The van der Waals surface area contributed by atoms with Gasteiger partial charge in [0.2, 0.25) is 0 Å². The first kappa shape index (κ1) is 70.4. The van der Waals surface area contributed by atoms with Crippen LogP contribution < -0.4 is 69.5 Å². The Morgan fingerprint density at radius 2 is 0.757 bits per heavy atom. The summed E-state index contributed by atoms with van der Waals surface area (Å²) in [7, 11) is 0.988. The van der Waals surface area contributed by atoms with E-state index in [9.17, 15) is 4.39 Å². The Balaban J connectivity index is -0.000000389. The molecule has 0 bridgehead atoms. The van der Waals surface area contributed by atoms with E-state index in [4.69, 9.17) is 30.0 Å². The predicted octanol–water partition coefficient (Wildman–Crippen LogP) is 10.7. The molecule has 0 radical (unpaired) electrons. The number of hydrogen-bond acceptors (Lipinski definition) is 12. The summed E-state index contributed by atoms with van der Waals surface area (Å²) in [6.07, 6.45) is 7.07. The Morgan fingerprint density at radius 1 is 0.514 bits per heavy atom. The number of para-hydroxylation sites is 4. The zero-order chi connectivity index (χ0) is 49.0. The second-order valence-electron chi connectivity index (χ2n) is 11.5. The summed E-state index contributed by atoms with van der Waals surface area (Å²) >= 11 is 8.87. The van der Waals surface area contributed by atoms with Gasteiger partial charge >= 0.3 is 116 Å². The maximum absolute atomic E-state index is 9.96. The molecule has 8 rings (SSSR count). The second-order valence-corrected chi connectivity index (χ2v) is 14.7. The third kappa shape index (κ3) is 36.1. The molecule has 4 heterocycles. The average molecular weight is 1420 g/mol. The number of halogens is 2. The molecule has 0 aliphatic carbocycles. The third-order valence-electron chi connectivity index (χ3n) is 7.06. The van der Waals surface area contributed by atoms with Gasteiger partial charge in [-0.1, -0.05) is 71.5 Å². The van der Waals surface area contributed by atoms with Crippen LogP contribution >= 0.6 is 26.3 Å². The molecule has 2 atom stereocenters. The molecular formula is C51H51ClFIr2KN6O4P2S2+2. The minimum atomic E-state index is -1.33. The molecule has 8 aromatic rings. The van der Waals surface area contributed by atoms with Gasteiger partial charge in [0.25, 0.3) is 0 Å². The quantitative estimate of drug-likeness (QED) is 0.0424. The van der Waals surface area contributed by atoms with E-state index in [1.54, 1.807) is 24.8 Å². The first-order chi connectivity index (χ1) is 32.9. The zero-order valence-electron chi connectivity index (χ0n) is 39.9. The molecular weight excluding hydrogens is 1360 g/mol. The number of rotatable bonds is 10. The molecule has 0 amide bonds. The van der Waals surface area contributed by atoms with E-state index in [1.165, 1.54) is 28.7 Å². The molecule has 0 fully saturated rings. The maximum atomic E-state index is 9.96. The van der Waals surface area contributed by atoms with Crippen molar-refractivity contribution in [3.05, 3.63) is 234 Å². The van der Waals surface area contributed by atoms with Crippen LogP contribution in [0.3, 0.4) is 0 Å².